The van der Waals surface area contributed by atoms with E-state index in [1.807, 2.05) is 6.07 Å². The molecule has 0 N–H and O–H groups in total. The van der Waals surface area contributed by atoms with E-state index in [2.05, 4.69) is 17.7 Å². The molecule has 0 radical (unpaired) electrons. The lowest BCUT2D eigenvalue weighted by Gasteiger charge is -2.39. The summed E-state index contributed by atoms with van der Waals surface area (Å²) in [6.07, 6.45) is 12.0. The molecule has 0 spiro atoms. The lowest BCUT2D eigenvalue weighted by molar-refractivity contribution is -0.224. The zero-order valence-corrected chi connectivity index (χ0v) is 25.3. The van der Waals surface area contributed by atoms with Gasteiger partial charge in [-0.3, -0.25) is 0 Å². The van der Waals surface area contributed by atoms with E-state index in [-0.39, 0.29) is 24.6 Å². The minimum Gasteiger partial charge on any atom is -0.432 e. The number of unbranched alkanes of at least 4 members (excludes halogenated alkanes) is 2. The van der Waals surface area contributed by atoms with Crippen molar-refractivity contribution in [2.45, 2.75) is 128 Å². The second kappa shape index (κ2) is 14.3. The van der Waals surface area contributed by atoms with Crippen molar-refractivity contribution in [3.63, 3.8) is 0 Å². The van der Waals surface area contributed by atoms with Crippen LogP contribution in [0.15, 0.2) is 30.3 Å². The highest BCUT2D eigenvalue weighted by Gasteiger charge is 2.45. The number of benzene rings is 2. The molecule has 3 fully saturated rings. The first-order chi connectivity index (χ1) is 20.6. The van der Waals surface area contributed by atoms with Crippen LogP contribution in [-0.4, -0.2) is 6.11 Å². The standard InChI is InChI=1S/C36H46F6O/c1-2-3-4-5-23-6-8-26(9-7-23)28-16-19-31(32(37)20-28)27-12-10-24(11-13-27)25-14-17-29(18-15-25)36(41,42)43-30-21-33(38)35(40)34(39)22-30/h16,19-27,29H,2-15,17-18H2,1H3. The molecule has 0 unspecified atom stereocenters. The predicted molar refractivity (Wildman–Crippen MR) is 157 cm³/mol. The van der Waals surface area contributed by atoms with E-state index in [1.54, 1.807) is 6.07 Å². The van der Waals surface area contributed by atoms with Crippen molar-refractivity contribution >= 4 is 0 Å². The summed E-state index contributed by atoms with van der Waals surface area (Å²) in [6, 6.07) is 6.88. The normalized spacial score (nSPS) is 28.5. The molecule has 0 atom stereocenters. The van der Waals surface area contributed by atoms with Crippen molar-refractivity contribution in [2.24, 2.45) is 23.7 Å². The Labute approximate surface area is 252 Å². The first kappa shape index (κ1) is 32.2. The molecule has 43 heavy (non-hydrogen) atoms. The van der Waals surface area contributed by atoms with Crippen molar-refractivity contribution in [1.82, 2.24) is 0 Å². The maximum absolute atomic E-state index is 15.4. The van der Waals surface area contributed by atoms with Gasteiger partial charge in [0, 0.05) is 12.1 Å². The van der Waals surface area contributed by atoms with Crippen LogP contribution in [-0.2, 0) is 0 Å². The fourth-order valence-electron chi connectivity index (χ4n) is 8.26. The van der Waals surface area contributed by atoms with Crippen molar-refractivity contribution in [3.05, 3.63) is 64.7 Å². The highest BCUT2D eigenvalue weighted by molar-refractivity contribution is 5.30. The summed E-state index contributed by atoms with van der Waals surface area (Å²) in [5.41, 5.74) is 1.97. The van der Waals surface area contributed by atoms with Crippen LogP contribution in [0.5, 0.6) is 5.75 Å². The Hall–Kier alpha value is -2.18. The second-order valence-electron chi connectivity index (χ2n) is 13.6. The Kier molecular flexibility index (Phi) is 10.7. The molecule has 238 valence electrons. The van der Waals surface area contributed by atoms with Crippen molar-refractivity contribution in [2.75, 3.05) is 0 Å². The molecule has 7 heteroatoms. The third kappa shape index (κ3) is 7.92. The van der Waals surface area contributed by atoms with Gasteiger partial charge in [-0.15, -0.1) is 0 Å². The first-order valence-corrected chi connectivity index (χ1v) is 16.6. The van der Waals surface area contributed by atoms with Gasteiger partial charge >= 0.3 is 6.11 Å². The van der Waals surface area contributed by atoms with Crippen LogP contribution in [0.4, 0.5) is 26.3 Å². The maximum atomic E-state index is 15.4. The van der Waals surface area contributed by atoms with Gasteiger partial charge in [-0.2, -0.15) is 8.78 Å². The largest absolute Gasteiger partial charge is 0.432 e. The van der Waals surface area contributed by atoms with Gasteiger partial charge in [0.25, 0.3) is 0 Å². The zero-order chi connectivity index (χ0) is 30.6. The fraction of sp³-hybridized carbons (Fsp3) is 0.667. The zero-order valence-electron chi connectivity index (χ0n) is 25.3. The van der Waals surface area contributed by atoms with E-state index in [0.29, 0.717) is 42.7 Å². The van der Waals surface area contributed by atoms with E-state index >= 15 is 4.39 Å². The number of hydrogen-bond acceptors (Lipinski definition) is 1. The summed E-state index contributed by atoms with van der Waals surface area (Å²) in [7, 11) is 0. The molecule has 1 nitrogen and oxygen atoms in total. The summed E-state index contributed by atoms with van der Waals surface area (Å²) in [5, 5.41) is 0. The van der Waals surface area contributed by atoms with Gasteiger partial charge in [-0.05, 0) is 124 Å². The van der Waals surface area contributed by atoms with Crippen LogP contribution in [0.2, 0.25) is 0 Å². The molecule has 0 saturated heterocycles. The van der Waals surface area contributed by atoms with E-state index in [4.69, 9.17) is 0 Å². The summed E-state index contributed by atoms with van der Waals surface area (Å²) < 4.78 is 89.8. The summed E-state index contributed by atoms with van der Waals surface area (Å²) in [6.45, 7) is 2.24. The molecule has 3 aliphatic carbocycles. The SMILES string of the molecule is CCCCCC1CCC(c2ccc(C3CCC(C4CCC(C(F)(F)Oc5cc(F)c(F)c(F)c5)CC4)CC3)c(F)c2)CC1. The van der Waals surface area contributed by atoms with E-state index in [0.717, 1.165) is 55.6 Å². The predicted octanol–water partition coefficient (Wildman–Crippen LogP) is 11.8. The lowest BCUT2D eigenvalue weighted by Crippen LogP contribution is -2.38. The number of rotatable bonds is 10. The van der Waals surface area contributed by atoms with Gasteiger partial charge in [0.15, 0.2) is 17.5 Å². The Morgan fingerprint density at radius 1 is 0.674 bits per heavy atom. The molecule has 0 bridgehead atoms. The smallest absolute Gasteiger partial charge is 0.400 e. The molecule has 3 aliphatic rings. The molecule has 2 aromatic rings. The molecule has 5 rings (SSSR count). The molecule has 0 aromatic heterocycles. The Morgan fingerprint density at radius 2 is 1.26 bits per heavy atom. The quantitative estimate of drug-likeness (QED) is 0.148. The van der Waals surface area contributed by atoms with Crippen molar-refractivity contribution in [3.8, 4) is 5.75 Å². The Balaban J connectivity index is 1.08. The molecule has 0 heterocycles. The topological polar surface area (TPSA) is 9.23 Å². The van der Waals surface area contributed by atoms with Gasteiger partial charge in [0.2, 0.25) is 0 Å². The van der Waals surface area contributed by atoms with Crippen LogP contribution in [0.1, 0.15) is 133 Å². The molecular formula is C36H46F6O. The maximum Gasteiger partial charge on any atom is 0.400 e. The average molecular weight is 609 g/mol. The summed E-state index contributed by atoms with van der Waals surface area (Å²) >= 11 is 0. The van der Waals surface area contributed by atoms with Crippen molar-refractivity contribution < 1.29 is 31.1 Å². The number of hydrogen-bond donors (Lipinski definition) is 0. The highest BCUT2D eigenvalue weighted by Crippen LogP contribution is 2.47. The molecule has 2 aromatic carbocycles. The monoisotopic (exact) mass is 608 g/mol. The highest BCUT2D eigenvalue weighted by atomic mass is 19.3. The van der Waals surface area contributed by atoms with Gasteiger partial charge in [-0.25, -0.2) is 17.6 Å². The van der Waals surface area contributed by atoms with Crippen molar-refractivity contribution in [1.29, 1.82) is 0 Å². The van der Waals surface area contributed by atoms with E-state index < -0.39 is 35.2 Å². The average Bonchev–Trinajstić information content (AvgIpc) is 3.00. The number of alkyl halides is 2. The van der Waals surface area contributed by atoms with Crippen LogP contribution >= 0.6 is 0 Å². The third-order valence-electron chi connectivity index (χ3n) is 10.9. The van der Waals surface area contributed by atoms with Crippen LogP contribution in [0.3, 0.4) is 0 Å². The third-order valence-corrected chi connectivity index (χ3v) is 10.9. The minimum atomic E-state index is -3.60. The van der Waals surface area contributed by atoms with Gasteiger partial charge < -0.3 is 4.74 Å². The molecule has 3 saturated carbocycles. The van der Waals surface area contributed by atoms with Gasteiger partial charge in [0.1, 0.15) is 11.6 Å². The number of ether oxygens (including phenoxy) is 1. The molecule has 0 aliphatic heterocycles. The van der Waals surface area contributed by atoms with E-state index in [9.17, 15) is 22.0 Å². The lowest BCUT2D eigenvalue weighted by atomic mass is 9.68. The van der Waals surface area contributed by atoms with Crippen LogP contribution < -0.4 is 4.74 Å². The summed E-state index contributed by atoms with van der Waals surface area (Å²) in [5.74, 6) is -4.43. The molecular weight excluding hydrogens is 562 g/mol. The van der Waals surface area contributed by atoms with Crippen LogP contribution in [0, 0.1) is 46.9 Å². The van der Waals surface area contributed by atoms with Gasteiger partial charge in [-0.1, -0.05) is 44.7 Å². The molecule has 0 amide bonds. The fourth-order valence-corrected chi connectivity index (χ4v) is 8.26. The Bertz CT molecular complexity index is 1170. The summed E-state index contributed by atoms with van der Waals surface area (Å²) in [4.78, 5) is 0. The van der Waals surface area contributed by atoms with E-state index in [1.165, 1.54) is 38.5 Å². The van der Waals surface area contributed by atoms with Crippen LogP contribution in [0.25, 0.3) is 0 Å². The minimum absolute atomic E-state index is 0.0744. The number of halogens is 6. The second-order valence-corrected chi connectivity index (χ2v) is 13.6. The van der Waals surface area contributed by atoms with Gasteiger partial charge in [0.05, 0.1) is 5.92 Å². The first-order valence-electron chi connectivity index (χ1n) is 16.6. The Morgan fingerprint density at radius 3 is 1.84 bits per heavy atom.